The van der Waals surface area contributed by atoms with E-state index in [0.29, 0.717) is 25.8 Å². The molecule has 22 heavy (non-hydrogen) atoms. The molecule has 0 bridgehead atoms. The second kappa shape index (κ2) is 7.11. The number of rotatable bonds is 5. The normalized spacial score (nSPS) is 28.0. The van der Waals surface area contributed by atoms with Gasteiger partial charge < -0.3 is 18.8 Å². The van der Waals surface area contributed by atoms with Gasteiger partial charge in [-0.15, -0.1) is 0 Å². The van der Waals surface area contributed by atoms with Crippen LogP contribution in [0, 0.1) is 5.92 Å². The van der Waals surface area contributed by atoms with Gasteiger partial charge in [-0.25, -0.2) is 0 Å². The number of carbonyl (C=O) groups excluding carboxylic acids is 1. The predicted octanol–water partition coefficient (Wildman–Crippen LogP) is 2.73. The molecule has 5 heteroatoms. The summed E-state index contributed by atoms with van der Waals surface area (Å²) in [6.45, 7) is 3.57. The quantitative estimate of drug-likeness (QED) is 0.785. The van der Waals surface area contributed by atoms with E-state index in [1.54, 1.807) is 17.2 Å². The van der Waals surface area contributed by atoms with Crippen LogP contribution in [0.3, 0.4) is 0 Å². The number of nitrogens with zero attached hydrogens (tertiary/aromatic N) is 1. The zero-order valence-electron chi connectivity index (χ0n) is 12.9. The van der Waals surface area contributed by atoms with Gasteiger partial charge in [-0.1, -0.05) is 6.08 Å². The molecule has 0 radical (unpaired) electrons. The van der Waals surface area contributed by atoms with Crippen molar-refractivity contribution in [2.24, 2.45) is 5.92 Å². The molecule has 2 aliphatic rings. The fourth-order valence-corrected chi connectivity index (χ4v) is 3.15. The molecule has 1 amide bonds. The van der Waals surface area contributed by atoms with Crippen molar-refractivity contribution in [1.82, 2.24) is 4.90 Å². The zero-order valence-corrected chi connectivity index (χ0v) is 12.9. The maximum Gasteiger partial charge on any atom is 0.246 e. The first-order valence-corrected chi connectivity index (χ1v) is 7.99. The smallest absolute Gasteiger partial charge is 0.246 e. The summed E-state index contributed by atoms with van der Waals surface area (Å²) in [6.07, 6.45) is 8.83. The maximum atomic E-state index is 12.3. The monoisotopic (exact) mass is 305 g/mol. The van der Waals surface area contributed by atoms with Crippen molar-refractivity contribution < 1.29 is 18.7 Å². The van der Waals surface area contributed by atoms with Crippen molar-refractivity contribution in [3.63, 3.8) is 0 Å². The van der Waals surface area contributed by atoms with Crippen LogP contribution in [0.4, 0.5) is 0 Å². The fraction of sp³-hybridized carbons (Fsp3) is 0.588. The lowest BCUT2D eigenvalue weighted by atomic mass is 9.85. The van der Waals surface area contributed by atoms with Gasteiger partial charge in [0, 0.05) is 6.54 Å². The molecule has 0 N–H and O–H groups in total. The van der Waals surface area contributed by atoms with Crippen LogP contribution < -0.4 is 0 Å². The first-order chi connectivity index (χ1) is 10.8. The molecule has 120 valence electrons. The molecular weight excluding hydrogens is 282 g/mol. The highest BCUT2D eigenvalue weighted by molar-refractivity contribution is 5.87. The molecule has 1 saturated carbocycles. The van der Waals surface area contributed by atoms with Crippen LogP contribution >= 0.6 is 0 Å². The van der Waals surface area contributed by atoms with E-state index in [-0.39, 0.29) is 18.1 Å². The lowest BCUT2D eigenvalue weighted by Gasteiger charge is -2.27. The molecule has 2 fully saturated rings. The SMILES string of the molecule is CCN(Cc1ccco1)C(=O)/C=C/C1CCC2OCOC2C1. The van der Waals surface area contributed by atoms with Gasteiger partial charge in [0.1, 0.15) is 12.6 Å². The van der Waals surface area contributed by atoms with Crippen LogP contribution in [0.15, 0.2) is 35.0 Å². The number of hydrogen-bond donors (Lipinski definition) is 0. The molecule has 1 aromatic heterocycles. The van der Waals surface area contributed by atoms with Gasteiger partial charge in [-0.05, 0) is 50.3 Å². The third kappa shape index (κ3) is 3.59. The highest BCUT2D eigenvalue weighted by Crippen LogP contribution is 2.32. The van der Waals surface area contributed by atoms with Crippen LogP contribution in [-0.2, 0) is 20.8 Å². The number of amides is 1. The molecule has 3 unspecified atom stereocenters. The minimum Gasteiger partial charge on any atom is -0.467 e. The van der Waals surface area contributed by atoms with Gasteiger partial charge in [-0.3, -0.25) is 4.79 Å². The second-order valence-electron chi connectivity index (χ2n) is 5.89. The predicted molar refractivity (Wildman–Crippen MR) is 80.9 cm³/mol. The van der Waals surface area contributed by atoms with Crippen molar-refractivity contribution in [2.75, 3.05) is 13.3 Å². The molecule has 0 aromatic carbocycles. The Morgan fingerprint density at radius 1 is 1.36 bits per heavy atom. The number of furan rings is 1. The van der Waals surface area contributed by atoms with Gasteiger partial charge in [0.2, 0.25) is 5.91 Å². The summed E-state index contributed by atoms with van der Waals surface area (Å²) in [5.41, 5.74) is 0. The molecule has 1 aromatic rings. The standard InChI is InChI=1S/C17H23NO4/c1-2-18(11-14-4-3-9-20-14)17(19)8-6-13-5-7-15-16(10-13)22-12-21-15/h3-4,6,8-9,13,15-16H,2,5,7,10-12H2,1H3/b8-6+. The Labute approximate surface area is 130 Å². The van der Waals surface area contributed by atoms with Gasteiger partial charge in [0.15, 0.2) is 0 Å². The molecule has 1 aliphatic carbocycles. The summed E-state index contributed by atoms with van der Waals surface area (Å²) in [4.78, 5) is 14.1. The summed E-state index contributed by atoms with van der Waals surface area (Å²) in [6, 6.07) is 3.73. The highest BCUT2D eigenvalue weighted by Gasteiger charge is 2.35. The lowest BCUT2D eigenvalue weighted by molar-refractivity contribution is -0.126. The topological polar surface area (TPSA) is 51.9 Å². The molecule has 1 aliphatic heterocycles. The van der Waals surface area contributed by atoms with E-state index < -0.39 is 0 Å². The van der Waals surface area contributed by atoms with E-state index in [1.165, 1.54) is 0 Å². The Morgan fingerprint density at radius 3 is 3.00 bits per heavy atom. The molecular formula is C17H23NO4. The summed E-state index contributed by atoms with van der Waals surface area (Å²) < 4.78 is 16.4. The van der Waals surface area contributed by atoms with E-state index in [4.69, 9.17) is 13.9 Å². The molecule has 2 heterocycles. The minimum absolute atomic E-state index is 0.0320. The Balaban J connectivity index is 1.53. The Hall–Kier alpha value is -1.59. The van der Waals surface area contributed by atoms with Crippen molar-refractivity contribution in [3.8, 4) is 0 Å². The third-order valence-electron chi connectivity index (χ3n) is 4.47. The number of fused-ring (bicyclic) bond motifs is 1. The Morgan fingerprint density at radius 2 is 2.23 bits per heavy atom. The third-order valence-corrected chi connectivity index (χ3v) is 4.47. The number of allylic oxidation sites excluding steroid dienone is 1. The summed E-state index contributed by atoms with van der Waals surface area (Å²) in [7, 11) is 0. The zero-order chi connectivity index (χ0) is 15.4. The minimum atomic E-state index is 0.0320. The maximum absolute atomic E-state index is 12.3. The second-order valence-corrected chi connectivity index (χ2v) is 5.89. The fourth-order valence-electron chi connectivity index (χ4n) is 3.15. The largest absolute Gasteiger partial charge is 0.467 e. The van der Waals surface area contributed by atoms with E-state index in [1.807, 2.05) is 25.1 Å². The Bertz CT molecular complexity index is 511. The molecule has 3 atom stereocenters. The average molecular weight is 305 g/mol. The first kappa shape index (κ1) is 15.3. The van der Waals surface area contributed by atoms with Gasteiger partial charge >= 0.3 is 0 Å². The van der Waals surface area contributed by atoms with E-state index in [2.05, 4.69) is 0 Å². The van der Waals surface area contributed by atoms with E-state index in [0.717, 1.165) is 25.0 Å². The Kier molecular flexibility index (Phi) is 4.95. The summed E-state index contributed by atoms with van der Waals surface area (Å²) >= 11 is 0. The van der Waals surface area contributed by atoms with E-state index in [9.17, 15) is 4.79 Å². The van der Waals surface area contributed by atoms with Gasteiger partial charge in [0.05, 0.1) is 25.0 Å². The number of carbonyl (C=O) groups is 1. The molecule has 1 saturated heterocycles. The van der Waals surface area contributed by atoms with Crippen molar-refractivity contribution in [2.45, 2.75) is 44.9 Å². The number of likely N-dealkylation sites (N-methyl/N-ethyl adjacent to an activating group) is 1. The summed E-state index contributed by atoms with van der Waals surface area (Å²) in [5, 5.41) is 0. The molecule has 3 rings (SSSR count). The molecule has 5 nitrogen and oxygen atoms in total. The van der Waals surface area contributed by atoms with Crippen molar-refractivity contribution in [3.05, 3.63) is 36.3 Å². The number of ether oxygens (including phenoxy) is 2. The van der Waals surface area contributed by atoms with Gasteiger partial charge in [-0.2, -0.15) is 0 Å². The van der Waals surface area contributed by atoms with Crippen LogP contribution in [0.5, 0.6) is 0 Å². The van der Waals surface area contributed by atoms with Crippen LogP contribution in [0.2, 0.25) is 0 Å². The van der Waals surface area contributed by atoms with Crippen molar-refractivity contribution in [1.29, 1.82) is 0 Å². The lowest BCUT2D eigenvalue weighted by Crippen LogP contribution is -2.31. The average Bonchev–Trinajstić information content (AvgIpc) is 3.20. The van der Waals surface area contributed by atoms with E-state index >= 15 is 0 Å². The van der Waals surface area contributed by atoms with Crippen molar-refractivity contribution >= 4 is 5.91 Å². The van der Waals surface area contributed by atoms with Crippen LogP contribution in [0.25, 0.3) is 0 Å². The number of hydrogen-bond acceptors (Lipinski definition) is 4. The first-order valence-electron chi connectivity index (χ1n) is 7.99. The highest BCUT2D eigenvalue weighted by atomic mass is 16.7. The summed E-state index contributed by atoms with van der Waals surface area (Å²) in [5.74, 6) is 1.24. The van der Waals surface area contributed by atoms with Gasteiger partial charge in [0.25, 0.3) is 0 Å². The van der Waals surface area contributed by atoms with Crippen LogP contribution in [0.1, 0.15) is 31.9 Å². The molecule has 0 spiro atoms. The van der Waals surface area contributed by atoms with Crippen LogP contribution in [-0.4, -0.2) is 36.4 Å².